The van der Waals surface area contributed by atoms with Crippen molar-refractivity contribution in [2.45, 2.75) is 38.8 Å². The van der Waals surface area contributed by atoms with Crippen LogP contribution in [0, 0.1) is 0 Å². The molecule has 0 radical (unpaired) electrons. The number of ether oxygens (including phenoxy) is 1. The maximum Gasteiger partial charge on any atom is 0.327 e. The van der Waals surface area contributed by atoms with Crippen LogP contribution in [0.25, 0.3) is 0 Å². The van der Waals surface area contributed by atoms with Crippen LogP contribution < -0.4 is 11.1 Å². The monoisotopic (exact) mass is 300 g/mol. The van der Waals surface area contributed by atoms with Crippen LogP contribution in [0.3, 0.4) is 0 Å². The largest absolute Gasteiger partial charge is 0.468 e. The number of nitrogens with one attached hydrogen (secondary N) is 1. The molecule has 0 saturated heterocycles. The molecule has 0 aliphatic heterocycles. The number of halogens is 2. The molecule has 0 aliphatic carbocycles. The lowest BCUT2D eigenvalue weighted by Gasteiger charge is -2.31. The van der Waals surface area contributed by atoms with Gasteiger partial charge < -0.3 is 15.8 Å². The van der Waals surface area contributed by atoms with E-state index in [1.807, 2.05) is 19.1 Å². The Hall–Kier alpha value is -0.780. The topological polar surface area (TPSA) is 81.4 Å². The number of carbonyl (C=O) groups is 2. The highest BCUT2D eigenvalue weighted by atomic mass is 35.5. The quantitative estimate of drug-likeness (QED) is 0.590. The van der Waals surface area contributed by atoms with Gasteiger partial charge in [-0.15, -0.1) is 24.8 Å². The number of carbonyl (C=O) groups excluding carboxylic acids is 2. The molecule has 2 atom stereocenters. The first-order valence-electron chi connectivity index (χ1n) is 5.11. The Balaban J connectivity index is -0.00000112. The molecule has 0 saturated carbocycles. The molecule has 18 heavy (non-hydrogen) atoms. The molecule has 3 N–H and O–H groups in total. The first-order chi connectivity index (χ1) is 7.36. The summed E-state index contributed by atoms with van der Waals surface area (Å²) in [5, 5.41) is 2.65. The van der Waals surface area contributed by atoms with E-state index in [0.29, 0.717) is 6.42 Å². The van der Waals surface area contributed by atoms with E-state index in [1.165, 1.54) is 14.0 Å². The van der Waals surface area contributed by atoms with Gasteiger partial charge in [0.2, 0.25) is 5.91 Å². The molecule has 0 bridgehead atoms. The van der Waals surface area contributed by atoms with Gasteiger partial charge in [-0.25, -0.2) is 4.79 Å². The van der Waals surface area contributed by atoms with Crippen molar-refractivity contribution < 1.29 is 14.3 Å². The fourth-order valence-corrected chi connectivity index (χ4v) is 1.33. The second-order valence-corrected chi connectivity index (χ2v) is 3.83. The number of rotatable bonds is 5. The predicted octanol–water partition coefficient (Wildman–Crippen LogP) is 1.19. The molecule has 108 valence electrons. The predicted molar refractivity (Wildman–Crippen MR) is 76.1 cm³/mol. The van der Waals surface area contributed by atoms with Gasteiger partial charge in [-0.05, 0) is 20.3 Å². The van der Waals surface area contributed by atoms with Crippen molar-refractivity contribution in [2.75, 3.05) is 7.11 Å². The molecule has 0 aromatic carbocycles. The van der Waals surface area contributed by atoms with Gasteiger partial charge in [0.1, 0.15) is 5.54 Å². The molecule has 0 aliphatic rings. The SMILES string of the molecule is CC=CCC(NC(C)=O)C(C)(N)C(=O)OC.Cl.Cl. The van der Waals surface area contributed by atoms with Crippen molar-refractivity contribution in [1.29, 1.82) is 0 Å². The summed E-state index contributed by atoms with van der Waals surface area (Å²) in [5.74, 6) is -0.772. The van der Waals surface area contributed by atoms with Gasteiger partial charge in [0, 0.05) is 6.92 Å². The lowest BCUT2D eigenvalue weighted by molar-refractivity contribution is -0.147. The highest BCUT2D eigenvalue weighted by Gasteiger charge is 2.38. The normalized spacial score (nSPS) is 14.7. The average molecular weight is 301 g/mol. The van der Waals surface area contributed by atoms with Gasteiger partial charge >= 0.3 is 5.97 Å². The fourth-order valence-electron chi connectivity index (χ4n) is 1.33. The second-order valence-electron chi connectivity index (χ2n) is 3.83. The van der Waals surface area contributed by atoms with Crippen LogP contribution >= 0.6 is 24.8 Å². The molecule has 0 heterocycles. The molecule has 0 spiro atoms. The van der Waals surface area contributed by atoms with Crippen LogP contribution in [0.15, 0.2) is 12.2 Å². The Kier molecular flexibility index (Phi) is 12.7. The second kappa shape index (κ2) is 10.2. The number of hydrogen-bond donors (Lipinski definition) is 2. The fraction of sp³-hybridized carbons (Fsp3) is 0.636. The van der Waals surface area contributed by atoms with E-state index in [1.54, 1.807) is 6.92 Å². The van der Waals surface area contributed by atoms with Crippen molar-refractivity contribution in [3.63, 3.8) is 0 Å². The van der Waals surface area contributed by atoms with E-state index < -0.39 is 17.6 Å². The Bertz CT molecular complexity index is 294. The molecule has 2 unspecified atom stereocenters. The molecule has 7 heteroatoms. The van der Waals surface area contributed by atoms with Crippen molar-refractivity contribution in [1.82, 2.24) is 5.32 Å². The van der Waals surface area contributed by atoms with Gasteiger partial charge in [-0.2, -0.15) is 0 Å². The molecule has 1 amide bonds. The minimum absolute atomic E-state index is 0. The number of allylic oxidation sites excluding steroid dienone is 1. The zero-order chi connectivity index (χ0) is 12.8. The first kappa shape index (κ1) is 22.4. The van der Waals surface area contributed by atoms with Gasteiger partial charge in [-0.3, -0.25) is 4.79 Å². The minimum atomic E-state index is -1.24. The molecular weight excluding hydrogens is 279 g/mol. The van der Waals surface area contributed by atoms with E-state index in [0.717, 1.165) is 0 Å². The van der Waals surface area contributed by atoms with Gasteiger partial charge in [0.25, 0.3) is 0 Å². The Morgan fingerprint density at radius 3 is 2.28 bits per heavy atom. The summed E-state index contributed by atoms with van der Waals surface area (Å²) in [6.07, 6.45) is 4.16. The third kappa shape index (κ3) is 6.83. The smallest absolute Gasteiger partial charge is 0.327 e. The summed E-state index contributed by atoms with van der Waals surface area (Å²) in [4.78, 5) is 22.5. The molecular formula is C11H22Cl2N2O3. The Morgan fingerprint density at radius 1 is 1.44 bits per heavy atom. The van der Waals surface area contributed by atoms with Gasteiger partial charge in [0.05, 0.1) is 13.2 Å². The maximum atomic E-state index is 11.5. The number of methoxy groups -OCH3 is 1. The number of hydrogen-bond acceptors (Lipinski definition) is 4. The molecule has 0 aromatic rings. The molecule has 0 aromatic heterocycles. The van der Waals surface area contributed by atoms with E-state index in [9.17, 15) is 9.59 Å². The highest BCUT2D eigenvalue weighted by molar-refractivity contribution is 5.85. The third-order valence-corrected chi connectivity index (χ3v) is 2.33. The summed E-state index contributed by atoms with van der Waals surface area (Å²) >= 11 is 0. The van der Waals surface area contributed by atoms with Crippen LogP contribution in [0.4, 0.5) is 0 Å². The van der Waals surface area contributed by atoms with Crippen LogP contribution in [0.5, 0.6) is 0 Å². The Labute approximate surface area is 120 Å². The highest BCUT2D eigenvalue weighted by Crippen LogP contribution is 2.13. The standard InChI is InChI=1S/C11H20N2O3.2ClH/c1-5-6-7-9(13-8(2)14)11(3,12)10(15)16-4;;/h5-6,9H,7,12H2,1-4H3,(H,13,14);2*1H. The summed E-state index contributed by atoms with van der Waals surface area (Å²) in [6, 6.07) is -0.478. The van der Waals surface area contributed by atoms with Crippen molar-refractivity contribution >= 4 is 36.7 Å². The molecule has 0 fully saturated rings. The van der Waals surface area contributed by atoms with Crippen LogP contribution in [-0.4, -0.2) is 30.6 Å². The van der Waals surface area contributed by atoms with Crippen LogP contribution in [0.2, 0.25) is 0 Å². The van der Waals surface area contributed by atoms with Crippen LogP contribution in [-0.2, 0) is 14.3 Å². The summed E-state index contributed by atoms with van der Waals surface area (Å²) in [6.45, 7) is 4.79. The number of nitrogens with two attached hydrogens (primary N) is 1. The van der Waals surface area contributed by atoms with E-state index >= 15 is 0 Å². The lowest BCUT2D eigenvalue weighted by atomic mass is 9.90. The first-order valence-corrected chi connectivity index (χ1v) is 5.11. The number of amides is 1. The van der Waals surface area contributed by atoms with Crippen molar-refractivity contribution in [2.24, 2.45) is 5.73 Å². The summed E-state index contributed by atoms with van der Waals surface area (Å²) < 4.78 is 4.62. The lowest BCUT2D eigenvalue weighted by Crippen LogP contribution is -2.61. The van der Waals surface area contributed by atoms with Crippen molar-refractivity contribution in [3.8, 4) is 0 Å². The minimum Gasteiger partial charge on any atom is -0.468 e. The van der Waals surface area contributed by atoms with Gasteiger partial charge in [-0.1, -0.05) is 12.2 Å². The molecule has 0 rings (SSSR count). The third-order valence-electron chi connectivity index (χ3n) is 2.33. The molecule has 5 nitrogen and oxygen atoms in total. The van der Waals surface area contributed by atoms with E-state index in [2.05, 4.69) is 10.1 Å². The van der Waals surface area contributed by atoms with Gasteiger partial charge in [0.15, 0.2) is 0 Å². The van der Waals surface area contributed by atoms with Crippen LogP contribution in [0.1, 0.15) is 27.2 Å². The van der Waals surface area contributed by atoms with E-state index in [4.69, 9.17) is 5.73 Å². The average Bonchev–Trinajstić information content (AvgIpc) is 2.22. The van der Waals surface area contributed by atoms with Crippen molar-refractivity contribution in [3.05, 3.63) is 12.2 Å². The maximum absolute atomic E-state index is 11.5. The zero-order valence-electron chi connectivity index (χ0n) is 11.1. The number of esters is 1. The zero-order valence-corrected chi connectivity index (χ0v) is 12.7. The Morgan fingerprint density at radius 2 is 1.94 bits per heavy atom. The summed E-state index contributed by atoms with van der Waals surface area (Å²) in [7, 11) is 1.27. The summed E-state index contributed by atoms with van der Waals surface area (Å²) in [5.41, 5.74) is 4.64. The van der Waals surface area contributed by atoms with E-state index in [-0.39, 0.29) is 30.7 Å².